The third-order valence-corrected chi connectivity index (χ3v) is 9.27. The van der Waals surface area contributed by atoms with Crippen molar-refractivity contribution < 1.29 is 34.8 Å². The van der Waals surface area contributed by atoms with Crippen LogP contribution in [0.2, 0.25) is 0 Å². The summed E-state index contributed by atoms with van der Waals surface area (Å²) in [6.45, 7) is 6.68. The number of ether oxygens (including phenoxy) is 1. The van der Waals surface area contributed by atoms with Crippen LogP contribution in [0.25, 0.3) is 0 Å². The number of hydrogen-bond acceptors (Lipinski definition) is 7. The number of esters is 1. The molecule has 2 fully saturated rings. The van der Waals surface area contributed by atoms with Crippen LogP contribution in [0.1, 0.15) is 44.5 Å². The van der Waals surface area contributed by atoms with E-state index in [-0.39, 0.29) is 13.0 Å². The van der Waals surface area contributed by atoms with E-state index in [1.807, 2.05) is 13.8 Å². The summed E-state index contributed by atoms with van der Waals surface area (Å²) in [6.07, 6.45) is 2.00. The number of hydrogen-bond donors (Lipinski definition) is 4. The lowest BCUT2D eigenvalue weighted by Gasteiger charge is -2.52. The zero-order valence-electron chi connectivity index (χ0n) is 19.9. The number of aliphatic hydroxyl groups excluding tert-OH is 2. The van der Waals surface area contributed by atoms with Gasteiger partial charge in [0.15, 0.2) is 5.78 Å². The summed E-state index contributed by atoms with van der Waals surface area (Å²) in [5, 5.41) is 45.5. The van der Waals surface area contributed by atoms with Crippen LogP contribution in [0.5, 0.6) is 0 Å². The van der Waals surface area contributed by atoms with Crippen LogP contribution in [-0.2, 0) is 9.53 Å². The number of carbonyl (C=O) groups is 2. The molecule has 34 heavy (non-hydrogen) atoms. The van der Waals surface area contributed by atoms with Gasteiger partial charge in [-0.2, -0.15) is 0 Å². The summed E-state index contributed by atoms with van der Waals surface area (Å²) in [6, 6.07) is 8.55. The largest absolute Gasteiger partial charge is 0.452 e. The molecule has 2 saturated carbocycles. The minimum absolute atomic E-state index is 0.105. The van der Waals surface area contributed by atoms with Gasteiger partial charge in [0.05, 0.1) is 23.9 Å². The summed E-state index contributed by atoms with van der Waals surface area (Å²) >= 11 is 0. The SMILES string of the molecule is CC1=CC2C(O)(CC(CO)=CC3C4C(C)(C)C4(OC(=O)c4ccccc4)C(O)C(C)C32O)C1=O. The predicted octanol–water partition coefficient (Wildman–Crippen LogP) is 1.79. The van der Waals surface area contributed by atoms with Crippen LogP contribution >= 0.6 is 0 Å². The summed E-state index contributed by atoms with van der Waals surface area (Å²) in [4.78, 5) is 26.1. The Morgan fingerprint density at radius 1 is 1.15 bits per heavy atom. The first-order chi connectivity index (χ1) is 15.9. The molecule has 0 aromatic heterocycles. The van der Waals surface area contributed by atoms with Crippen molar-refractivity contribution in [2.24, 2.45) is 29.1 Å². The van der Waals surface area contributed by atoms with E-state index < -0.39 is 63.7 Å². The molecule has 0 heterocycles. The van der Waals surface area contributed by atoms with Crippen molar-refractivity contribution in [1.29, 1.82) is 0 Å². The van der Waals surface area contributed by atoms with Gasteiger partial charge >= 0.3 is 5.97 Å². The molecule has 0 bridgehead atoms. The Morgan fingerprint density at radius 2 is 1.79 bits per heavy atom. The molecule has 1 aromatic carbocycles. The molecule has 0 aliphatic heterocycles. The predicted molar refractivity (Wildman–Crippen MR) is 122 cm³/mol. The van der Waals surface area contributed by atoms with Crippen LogP contribution in [0.15, 0.2) is 53.6 Å². The van der Waals surface area contributed by atoms with Crippen molar-refractivity contribution >= 4 is 11.8 Å². The van der Waals surface area contributed by atoms with Gasteiger partial charge in [0.1, 0.15) is 11.2 Å². The van der Waals surface area contributed by atoms with Crippen LogP contribution in [-0.4, -0.2) is 61.7 Å². The molecule has 4 aliphatic rings. The first kappa shape index (κ1) is 23.4. The number of ketones is 1. The molecule has 8 atom stereocenters. The van der Waals surface area contributed by atoms with Gasteiger partial charge in [-0.1, -0.05) is 51.1 Å². The summed E-state index contributed by atoms with van der Waals surface area (Å²) in [5.41, 5.74) is -4.42. The van der Waals surface area contributed by atoms with Crippen LogP contribution < -0.4 is 0 Å². The zero-order valence-corrected chi connectivity index (χ0v) is 19.9. The van der Waals surface area contributed by atoms with E-state index in [4.69, 9.17) is 4.74 Å². The quantitative estimate of drug-likeness (QED) is 0.394. The second-order valence-electron chi connectivity index (χ2n) is 11.1. The number of benzene rings is 1. The Labute approximate surface area is 198 Å². The fourth-order valence-corrected chi connectivity index (χ4v) is 7.45. The molecule has 4 aliphatic carbocycles. The van der Waals surface area contributed by atoms with E-state index in [2.05, 4.69) is 0 Å². The van der Waals surface area contributed by atoms with Crippen molar-refractivity contribution in [2.45, 2.75) is 57.0 Å². The van der Waals surface area contributed by atoms with E-state index in [9.17, 15) is 30.0 Å². The maximum absolute atomic E-state index is 13.1. The first-order valence-electron chi connectivity index (χ1n) is 11.8. The first-order valence-corrected chi connectivity index (χ1v) is 11.8. The van der Waals surface area contributed by atoms with Gasteiger partial charge in [0.25, 0.3) is 0 Å². The Balaban J connectivity index is 1.64. The number of fused-ring (bicyclic) bond motifs is 5. The highest BCUT2D eigenvalue weighted by molar-refractivity contribution is 6.04. The van der Waals surface area contributed by atoms with Gasteiger partial charge in [-0.15, -0.1) is 0 Å². The monoisotopic (exact) mass is 468 g/mol. The number of aliphatic hydroxyl groups is 4. The van der Waals surface area contributed by atoms with E-state index in [0.717, 1.165) is 0 Å². The topological polar surface area (TPSA) is 124 Å². The third kappa shape index (κ3) is 2.61. The average Bonchev–Trinajstić information content (AvgIpc) is 3.24. The minimum Gasteiger partial charge on any atom is -0.452 e. The lowest BCUT2D eigenvalue weighted by molar-refractivity contribution is -0.209. The minimum atomic E-state index is -1.91. The highest BCUT2D eigenvalue weighted by atomic mass is 16.6. The zero-order chi connectivity index (χ0) is 24.8. The molecule has 0 amide bonds. The van der Waals surface area contributed by atoms with Crippen molar-refractivity contribution in [1.82, 2.24) is 0 Å². The Morgan fingerprint density at radius 3 is 2.41 bits per heavy atom. The number of Topliss-reactive ketones (excluding diaryl/α,β-unsaturated/α-hetero) is 1. The standard InChI is InChI=1S/C27H32O7/c1-14-10-19-25(32,21(14)29)12-16(13-28)11-18-20-24(3,4)27(20,22(30)15(2)26(18,19)33)34-23(31)17-8-6-5-7-9-17/h5-11,15,18-20,22,28,30,32-33H,12-13H2,1-4H3. The fraction of sp³-hybridized carbons (Fsp3) is 0.556. The smallest absolute Gasteiger partial charge is 0.338 e. The highest BCUT2D eigenvalue weighted by Gasteiger charge is 2.86. The molecule has 0 spiro atoms. The van der Waals surface area contributed by atoms with Crippen molar-refractivity contribution in [2.75, 3.05) is 6.61 Å². The second-order valence-corrected chi connectivity index (χ2v) is 11.1. The lowest BCUT2D eigenvalue weighted by atomic mass is 9.59. The van der Waals surface area contributed by atoms with Gasteiger partial charge in [-0.05, 0) is 30.2 Å². The Hall–Kier alpha value is -2.32. The Kier molecular flexibility index (Phi) is 4.89. The molecule has 7 heteroatoms. The molecule has 8 unspecified atom stereocenters. The lowest BCUT2D eigenvalue weighted by Crippen LogP contribution is -2.65. The molecule has 5 rings (SSSR count). The van der Waals surface area contributed by atoms with Gasteiger partial charge in [-0.25, -0.2) is 4.79 Å². The molecule has 7 nitrogen and oxygen atoms in total. The van der Waals surface area contributed by atoms with Gasteiger partial charge in [0.2, 0.25) is 0 Å². The van der Waals surface area contributed by atoms with Crippen LogP contribution in [0.3, 0.4) is 0 Å². The molecule has 0 radical (unpaired) electrons. The van der Waals surface area contributed by atoms with Crippen LogP contribution in [0.4, 0.5) is 0 Å². The van der Waals surface area contributed by atoms with Gasteiger partial charge < -0.3 is 25.2 Å². The maximum Gasteiger partial charge on any atom is 0.338 e. The van der Waals surface area contributed by atoms with E-state index in [0.29, 0.717) is 16.7 Å². The fourth-order valence-electron chi connectivity index (χ4n) is 7.45. The molecular formula is C27H32O7. The van der Waals surface area contributed by atoms with E-state index in [1.54, 1.807) is 56.3 Å². The summed E-state index contributed by atoms with van der Waals surface area (Å²) in [5.74, 6) is -4.01. The normalized spacial score (nSPS) is 44.1. The molecule has 182 valence electrons. The summed E-state index contributed by atoms with van der Waals surface area (Å²) < 4.78 is 6.08. The molecular weight excluding hydrogens is 436 g/mol. The van der Waals surface area contributed by atoms with Crippen LogP contribution in [0, 0.1) is 29.1 Å². The second kappa shape index (κ2) is 7.10. The Bertz CT molecular complexity index is 1120. The average molecular weight is 469 g/mol. The van der Waals surface area contributed by atoms with Crippen molar-refractivity contribution in [3.8, 4) is 0 Å². The van der Waals surface area contributed by atoms with E-state index >= 15 is 0 Å². The van der Waals surface area contributed by atoms with Gasteiger partial charge in [-0.3, -0.25) is 4.79 Å². The van der Waals surface area contributed by atoms with Crippen molar-refractivity contribution in [3.63, 3.8) is 0 Å². The number of rotatable bonds is 3. The molecule has 4 N–H and O–H groups in total. The number of carbonyl (C=O) groups excluding carboxylic acids is 2. The summed E-state index contributed by atoms with van der Waals surface area (Å²) in [7, 11) is 0. The molecule has 0 saturated heterocycles. The maximum atomic E-state index is 13.1. The third-order valence-electron chi connectivity index (χ3n) is 9.27. The van der Waals surface area contributed by atoms with Gasteiger partial charge in [0, 0.05) is 35.5 Å². The van der Waals surface area contributed by atoms with E-state index in [1.165, 1.54) is 0 Å². The molecule has 1 aromatic rings. The highest BCUT2D eigenvalue weighted by Crippen LogP contribution is 2.76. The van der Waals surface area contributed by atoms with Crippen molar-refractivity contribution in [3.05, 3.63) is 59.2 Å².